The van der Waals surface area contributed by atoms with E-state index >= 15 is 0 Å². The minimum absolute atomic E-state index is 0.0747. The van der Waals surface area contributed by atoms with Gasteiger partial charge in [0.25, 0.3) is 11.8 Å². The monoisotopic (exact) mass is 359 g/mol. The molecule has 0 atom stereocenters. The van der Waals surface area contributed by atoms with Crippen molar-refractivity contribution in [2.75, 3.05) is 13.1 Å². The van der Waals surface area contributed by atoms with Crippen LogP contribution >= 0.6 is 0 Å². The average Bonchev–Trinajstić information content (AvgIpc) is 3.17. The number of amides is 2. The van der Waals surface area contributed by atoms with Crippen LogP contribution in [0.1, 0.15) is 39.4 Å². The van der Waals surface area contributed by atoms with Crippen LogP contribution in [0.25, 0.3) is 0 Å². The van der Waals surface area contributed by atoms with Gasteiger partial charge in [-0.15, -0.1) is 0 Å². The van der Waals surface area contributed by atoms with Gasteiger partial charge in [0.15, 0.2) is 17.2 Å². The molecule has 2 aromatic rings. The normalized spacial score (nSPS) is 13.7. The molecule has 0 bridgehead atoms. The molecule has 0 aliphatic carbocycles. The van der Waals surface area contributed by atoms with Gasteiger partial charge in [-0.2, -0.15) is 0 Å². The van der Waals surface area contributed by atoms with Gasteiger partial charge in [-0.05, 0) is 30.5 Å². The third-order valence-electron chi connectivity index (χ3n) is 4.17. The van der Waals surface area contributed by atoms with Crippen LogP contribution in [0.15, 0.2) is 30.3 Å². The van der Waals surface area contributed by atoms with E-state index in [2.05, 4.69) is 10.3 Å². The Morgan fingerprint density at radius 1 is 1.15 bits per heavy atom. The zero-order chi connectivity index (χ0) is 18.7. The van der Waals surface area contributed by atoms with E-state index in [1.165, 1.54) is 24.3 Å². The molecule has 1 aromatic carbocycles. The summed E-state index contributed by atoms with van der Waals surface area (Å²) in [6, 6.07) is 6.59. The van der Waals surface area contributed by atoms with Gasteiger partial charge in [0.05, 0.1) is 0 Å². The van der Waals surface area contributed by atoms with Gasteiger partial charge in [0.1, 0.15) is 11.5 Å². The molecule has 1 aromatic heterocycles. The number of hydrogen-bond donors (Lipinski definition) is 3. The van der Waals surface area contributed by atoms with Crippen LogP contribution in [0.2, 0.25) is 0 Å². The van der Waals surface area contributed by atoms with E-state index < -0.39 is 34.8 Å². The summed E-state index contributed by atoms with van der Waals surface area (Å²) in [5, 5.41) is 22.3. The number of benzene rings is 1. The van der Waals surface area contributed by atoms with E-state index in [1.807, 2.05) is 0 Å². The molecule has 1 aliphatic heterocycles. The van der Waals surface area contributed by atoms with Crippen molar-refractivity contribution in [1.29, 1.82) is 0 Å². The Hall–Kier alpha value is -3.16. The summed E-state index contributed by atoms with van der Waals surface area (Å²) < 4.78 is 12.9. The van der Waals surface area contributed by atoms with Crippen molar-refractivity contribution in [3.63, 3.8) is 0 Å². The molecule has 3 N–H and O–H groups in total. The number of nitrogens with zero attached hydrogens (tertiary/aromatic N) is 2. The van der Waals surface area contributed by atoms with E-state index in [-0.39, 0.29) is 12.2 Å². The smallest absolute Gasteiger partial charge is 0.274 e. The fourth-order valence-electron chi connectivity index (χ4n) is 2.74. The molecule has 0 unspecified atom stereocenters. The lowest BCUT2D eigenvalue weighted by Crippen LogP contribution is -2.30. The third-order valence-corrected chi connectivity index (χ3v) is 4.17. The first-order chi connectivity index (χ1) is 12.5. The largest absolute Gasteiger partial charge is 0.504 e. The van der Waals surface area contributed by atoms with Crippen molar-refractivity contribution in [2.24, 2.45) is 0 Å². The van der Waals surface area contributed by atoms with Gasteiger partial charge in [0.2, 0.25) is 0 Å². The molecule has 2 heterocycles. The first-order valence-electron chi connectivity index (χ1n) is 8.20. The number of pyridine rings is 1. The summed E-state index contributed by atoms with van der Waals surface area (Å²) in [5.41, 5.74) is 0.108. The van der Waals surface area contributed by atoms with Crippen LogP contribution in [0.4, 0.5) is 4.39 Å². The molecule has 0 saturated carbocycles. The Morgan fingerprint density at radius 2 is 1.81 bits per heavy atom. The topological polar surface area (TPSA) is 103 Å². The highest BCUT2D eigenvalue weighted by Gasteiger charge is 2.25. The van der Waals surface area contributed by atoms with E-state index in [1.54, 1.807) is 4.90 Å². The minimum atomic E-state index is -0.752. The second kappa shape index (κ2) is 7.38. The predicted molar refractivity (Wildman–Crippen MR) is 90.3 cm³/mol. The molecule has 0 radical (unpaired) electrons. The highest BCUT2D eigenvalue weighted by atomic mass is 19.1. The highest BCUT2D eigenvalue weighted by Crippen LogP contribution is 2.29. The maximum Gasteiger partial charge on any atom is 0.274 e. The lowest BCUT2D eigenvalue weighted by atomic mass is 10.2. The number of aromatic nitrogens is 1. The average molecular weight is 359 g/mol. The standard InChI is InChI=1S/C18H18FN3O4/c19-12-5-3-11(4-6-12)10-20-17(25)15-16(24)14(23)9-13(21-15)18(26)22-7-1-2-8-22/h3-6,9,24H,1-2,7-8,10H2,(H,20,25)(H,21,23). The van der Waals surface area contributed by atoms with Crippen LogP contribution in [0.5, 0.6) is 11.5 Å². The maximum atomic E-state index is 12.9. The van der Waals surface area contributed by atoms with Gasteiger partial charge >= 0.3 is 0 Å². The lowest BCUT2D eigenvalue weighted by molar-refractivity contribution is 0.0786. The van der Waals surface area contributed by atoms with Gasteiger partial charge in [0, 0.05) is 25.7 Å². The van der Waals surface area contributed by atoms with Crippen LogP contribution in [0, 0.1) is 5.82 Å². The highest BCUT2D eigenvalue weighted by molar-refractivity contribution is 5.99. The quantitative estimate of drug-likeness (QED) is 0.772. The molecule has 3 rings (SSSR count). The van der Waals surface area contributed by atoms with Crippen LogP contribution < -0.4 is 5.32 Å². The van der Waals surface area contributed by atoms with Gasteiger partial charge in [-0.1, -0.05) is 12.1 Å². The van der Waals surface area contributed by atoms with Crippen molar-refractivity contribution in [3.05, 3.63) is 53.1 Å². The Morgan fingerprint density at radius 3 is 2.46 bits per heavy atom. The van der Waals surface area contributed by atoms with Gasteiger partial charge in [-0.25, -0.2) is 9.37 Å². The zero-order valence-corrected chi connectivity index (χ0v) is 13.9. The number of rotatable bonds is 4. The minimum Gasteiger partial charge on any atom is -0.504 e. The number of hydrogen-bond acceptors (Lipinski definition) is 5. The molecular formula is C18H18FN3O4. The number of carbonyl (C=O) groups is 2. The van der Waals surface area contributed by atoms with Crippen LogP contribution in [-0.4, -0.2) is 45.0 Å². The maximum absolute atomic E-state index is 12.9. The molecule has 1 saturated heterocycles. The van der Waals surface area contributed by atoms with Crippen molar-refractivity contribution in [2.45, 2.75) is 19.4 Å². The van der Waals surface area contributed by atoms with E-state index in [4.69, 9.17) is 0 Å². The second-order valence-corrected chi connectivity index (χ2v) is 6.03. The number of halogens is 1. The predicted octanol–water partition coefficient (Wildman–Crippen LogP) is 1.80. The van der Waals surface area contributed by atoms with Gasteiger partial charge < -0.3 is 20.4 Å². The summed E-state index contributed by atoms with van der Waals surface area (Å²) >= 11 is 0. The van der Waals surface area contributed by atoms with E-state index in [0.29, 0.717) is 18.7 Å². The number of nitrogens with one attached hydrogen (secondary N) is 1. The number of carbonyl (C=O) groups excluding carboxylic acids is 2. The molecule has 0 spiro atoms. The van der Waals surface area contributed by atoms with E-state index in [0.717, 1.165) is 18.9 Å². The molecule has 136 valence electrons. The molecule has 1 fully saturated rings. The fraction of sp³-hybridized carbons (Fsp3) is 0.278. The molecule has 2 amide bonds. The van der Waals surface area contributed by atoms with E-state index in [9.17, 15) is 24.2 Å². The first kappa shape index (κ1) is 17.7. The SMILES string of the molecule is O=C(NCc1ccc(F)cc1)c1nc(C(=O)N2CCCC2)cc(O)c1O. The first-order valence-corrected chi connectivity index (χ1v) is 8.20. The Labute approximate surface area is 149 Å². The number of likely N-dealkylation sites (tertiary alicyclic amines) is 1. The Balaban J connectivity index is 1.78. The zero-order valence-electron chi connectivity index (χ0n) is 13.9. The fourth-order valence-corrected chi connectivity index (χ4v) is 2.74. The van der Waals surface area contributed by atoms with Crippen LogP contribution in [0.3, 0.4) is 0 Å². The summed E-state index contributed by atoms with van der Waals surface area (Å²) in [7, 11) is 0. The Bertz CT molecular complexity index is 833. The van der Waals surface area contributed by atoms with Crippen LogP contribution in [-0.2, 0) is 6.54 Å². The van der Waals surface area contributed by atoms with Crippen molar-refractivity contribution >= 4 is 11.8 Å². The molecular weight excluding hydrogens is 341 g/mol. The van der Waals surface area contributed by atoms with Gasteiger partial charge in [-0.3, -0.25) is 9.59 Å². The molecule has 7 nitrogen and oxygen atoms in total. The van der Waals surface area contributed by atoms with Crippen molar-refractivity contribution < 1.29 is 24.2 Å². The summed E-state index contributed by atoms with van der Waals surface area (Å²) in [4.78, 5) is 30.2. The number of aromatic hydroxyl groups is 2. The summed E-state index contributed by atoms with van der Waals surface area (Å²) in [6.07, 6.45) is 1.78. The molecule has 8 heteroatoms. The van der Waals surface area contributed by atoms with Crippen molar-refractivity contribution in [3.8, 4) is 11.5 Å². The molecule has 26 heavy (non-hydrogen) atoms. The lowest BCUT2D eigenvalue weighted by Gasteiger charge is -2.16. The summed E-state index contributed by atoms with van der Waals surface area (Å²) in [6.45, 7) is 1.26. The Kier molecular flexibility index (Phi) is 5.01. The second-order valence-electron chi connectivity index (χ2n) is 6.03. The van der Waals surface area contributed by atoms with Crippen molar-refractivity contribution in [1.82, 2.24) is 15.2 Å². The molecule has 1 aliphatic rings. The summed E-state index contributed by atoms with van der Waals surface area (Å²) in [5.74, 6) is -2.82. The third kappa shape index (κ3) is 3.74.